The number of hydrogen-bond donors (Lipinski definition) is 2. The van der Waals surface area contributed by atoms with Crippen molar-refractivity contribution in [2.45, 2.75) is 38.1 Å². The highest BCUT2D eigenvalue weighted by atomic mass is 32.2. The maximum absolute atomic E-state index is 12.3. The SMILES string of the molecule is CCCCCOc1ccc(C(=O)NC2(C(=O)O)CCSC2)cc1. The second-order valence-electron chi connectivity index (χ2n) is 5.72. The molecule has 126 valence electrons. The molecule has 0 bridgehead atoms. The second kappa shape index (κ2) is 8.24. The number of ether oxygens (including phenoxy) is 1. The Kier molecular flexibility index (Phi) is 6.33. The van der Waals surface area contributed by atoms with Gasteiger partial charge < -0.3 is 15.2 Å². The molecule has 2 rings (SSSR count). The van der Waals surface area contributed by atoms with Crippen molar-refractivity contribution in [3.63, 3.8) is 0 Å². The number of unbranched alkanes of at least 4 members (excludes halogenated alkanes) is 2. The van der Waals surface area contributed by atoms with Crippen molar-refractivity contribution < 1.29 is 19.4 Å². The minimum Gasteiger partial charge on any atom is -0.494 e. The molecule has 2 N–H and O–H groups in total. The molecular formula is C17H23NO4S. The van der Waals surface area contributed by atoms with Gasteiger partial charge in [-0.25, -0.2) is 4.79 Å². The normalized spacial score (nSPS) is 20.2. The highest BCUT2D eigenvalue weighted by Gasteiger charge is 2.43. The Hall–Kier alpha value is -1.69. The third-order valence-corrected chi connectivity index (χ3v) is 5.11. The predicted octanol–water partition coefficient (Wildman–Crippen LogP) is 2.95. The maximum atomic E-state index is 12.3. The molecule has 1 aromatic carbocycles. The molecule has 6 heteroatoms. The monoisotopic (exact) mass is 337 g/mol. The number of carboxylic acid groups (broad SMARTS) is 1. The molecule has 0 spiro atoms. The minimum absolute atomic E-state index is 0.354. The third-order valence-electron chi connectivity index (χ3n) is 3.92. The molecule has 1 atom stereocenters. The largest absolute Gasteiger partial charge is 0.494 e. The summed E-state index contributed by atoms with van der Waals surface area (Å²) in [7, 11) is 0. The summed E-state index contributed by atoms with van der Waals surface area (Å²) in [5.74, 6) is 0.560. The summed E-state index contributed by atoms with van der Waals surface area (Å²) in [6.07, 6.45) is 3.75. The molecule has 1 heterocycles. The van der Waals surface area contributed by atoms with Crippen LogP contribution in [0.15, 0.2) is 24.3 Å². The van der Waals surface area contributed by atoms with Crippen LogP contribution in [0.3, 0.4) is 0 Å². The molecule has 0 radical (unpaired) electrons. The number of hydrogen-bond acceptors (Lipinski definition) is 4. The Morgan fingerprint density at radius 2 is 2.04 bits per heavy atom. The van der Waals surface area contributed by atoms with Gasteiger partial charge in [0.1, 0.15) is 11.3 Å². The Bertz CT molecular complexity index is 538. The first-order valence-electron chi connectivity index (χ1n) is 7.94. The van der Waals surface area contributed by atoms with Gasteiger partial charge in [0.25, 0.3) is 5.91 Å². The molecule has 1 fully saturated rings. The molecule has 0 aliphatic carbocycles. The molecule has 0 aromatic heterocycles. The lowest BCUT2D eigenvalue weighted by Gasteiger charge is -2.24. The van der Waals surface area contributed by atoms with Crippen LogP contribution in [0.25, 0.3) is 0 Å². The van der Waals surface area contributed by atoms with Gasteiger partial charge in [-0.3, -0.25) is 4.79 Å². The van der Waals surface area contributed by atoms with E-state index in [1.54, 1.807) is 36.0 Å². The van der Waals surface area contributed by atoms with Gasteiger partial charge in [0, 0.05) is 11.3 Å². The molecular weight excluding hydrogens is 314 g/mol. The Morgan fingerprint density at radius 1 is 1.30 bits per heavy atom. The quantitative estimate of drug-likeness (QED) is 0.713. The fourth-order valence-corrected chi connectivity index (χ4v) is 3.75. The summed E-state index contributed by atoms with van der Waals surface area (Å²) in [5.41, 5.74) is -0.694. The molecule has 1 amide bonds. The van der Waals surface area contributed by atoms with Gasteiger partial charge in [0.15, 0.2) is 0 Å². The van der Waals surface area contributed by atoms with Crippen molar-refractivity contribution in [3.05, 3.63) is 29.8 Å². The van der Waals surface area contributed by atoms with E-state index in [2.05, 4.69) is 12.2 Å². The van der Waals surface area contributed by atoms with Crippen LogP contribution in [0.4, 0.5) is 0 Å². The molecule has 1 aliphatic rings. The lowest BCUT2D eigenvalue weighted by atomic mass is 9.98. The Morgan fingerprint density at radius 3 is 2.61 bits per heavy atom. The summed E-state index contributed by atoms with van der Waals surface area (Å²) in [5, 5.41) is 12.1. The third kappa shape index (κ3) is 4.64. The summed E-state index contributed by atoms with van der Waals surface area (Å²) < 4.78 is 5.61. The van der Waals surface area contributed by atoms with Gasteiger partial charge in [0.2, 0.25) is 0 Å². The van der Waals surface area contributed by atoms with E-state index in [1.807, 2.05) is 0 Å². The number of rotatable bonds is 8. The van der Waals surface area contributed by atoms with Crippen LogP contribution < -0.4 is 10.1 Å². The number of carbonyl (C=O) groups excluding carboxylic acids is 1. The zero-order valence-electron chi connectivity index (χ0n) is 13.3. The second-order valence-corrected chi connectivity index (χ2v) is 6.83. The van der Waals surface area contributed by atoms with Crippen LogP contribution in [-0.2, 0) is 4.79 Å². The average molecular weight is 337 g/mol. The van der Waals surface area contributed by atoms with E-state index in [1.165, 1.54) is 0 Å². The summed E-state index contributed by atoms with van der Waals surface area (Å²) in [4.78, 5) is 23.8. The molecule has 1 saturated heterocycles. The maximum Gasteiger partial charge on any atom is 0.330 e. The molecule has 1 unspecified atom stereocenters. The summed E-state index contributed by atoms with van der Waals surface area (Å²) in [6, 6.07) is 6.83. The topological polar surface area (TPSA) is 75.6 Å². The summed E-state index contributed by atoms with van der Waals surface area (Å²) in [6.45, 7) is 2.80. The van der Waals surface area contributed by atoms with Crippen LogP contribution in [0.2, 0.25) is 0 Å². The van der Waals surface area contributed by atoms with Crippen LogP contribution in [0.1, 0.15) is 43.0 Å². The summed E-state index contributed by atoms with van der Waals surface area (Å²) >= 11 is 1.55. The predicted molar refractivity (Wildman–Crippen MR) is 91.2 cm³/mol. The van der Waals surface area contributed by atoms with Crippen molar-refractivity contribution in [1.29, 1.82) is 0 Å². The van der Waals surface area contributed by atoms with Crippen molar-refractivity contribution in [2.75, 3.05) is 18.1 Å². The first kappa shape index (κ1) is 17.7. The van der Waals surface area contributed by atoms with Gasteiger partial charge in [0.05, 0.1) is 6.61 Å². The fourth-order valence-electron chi connectivity index (χ4n) is 2.42. The number of amides is 1. The van der Waals surface area contributed by atoms with Gasteiger partial charge in [-0.2, -0.15) is 11.8 Å². The van der Waals surface area contributed by atoms with Crippen LogP contribution in [0.5, 0.6) is 5.75 Å². The van der Waals surface area contributed by atoms with Gasteiger partial charge in [-0.15, -0.1) is 0 Å². The lowest BCUT2D eigenvalue weighted by Crippen LogP contribution is -2.54. The standard InChI is InChI=1S/C17H23NO4S/c1-2-3-4-10-22-14-7-5-13(6-8-14)15(19)18-17(16(20)21)9-11-23-12-17/h5-8H,2-4,9-12H2,1H3,(H,18,19)(H,20,21). The highest BCUT2D eigenvalue weighted by molar-refractivity contribution is 7.99. The molecule has 1 aliphatic heterocycles. The van der Waals surface area contributed by atoms with Gasteiger partial charge in [-0.05, 0) is 42.9 Å². The van der Waals surface area contributed by atoms with E-state index in [9.17, 15) is 14.7 Å². The van der Waals surface area contributed by atoms with Crippen LogP contribution in [0, 0.1) is 0 Å². The lowest BCUT2D eigenvalue weighted by molar-refractivity contribution is -0.143. The first-order chi connectivity index (χ1) is 11.1. The number of aliphatic carboxylic acids is 1. The van der Waals surface area contributed by atoms with Crippen LogP contribution in [-0.4, -0.2) is 40.6 Å². The molecule has 0 saturated carbocycles. The van der Waals surface area contributed by atoms with Gasteiger partial charge in [-0.1, -0.05) is 19.8 Å². The fraction of sp³-hybridized carbons (Fsp3) is 0.529. The number of carbonyl (C=O) groups is 2. The first-order valence-corrected chi connectivity index (χ1v) is 9.09. The van der Waals surface area contributed by atoms with E-state index >= 15 is 0 Å². The minimum atomic E-state index is -1.14. The number of nitrogens with one attached hydrogen (secondary N) is 1. The van der Waals surface area contributed by atoms with E-state index < -0.39 is 11.5 Å². The Labute approximate surface area is 140 Å². The van der Waals surface area contributed by atoms with Crippen molar-refractivity contribution >= 4 is 23.6 Å². The van der Waals surface area contributed by atoms with Crippen molar-refractivity contribution in [1.82, 2.24) is 5.32 Å². The van der Waals surface area contributed by atoms with E-state index in [4.69, 9.17) is 4.74 Å². The van der Waals surface area contributed by atoms with Crippen LogP contribution >= 0.6 is 11.8 Å². The zero-order valence-corrected chi connectivity index (χ0v) is 14.2. The van der Waals surface area contributed by atoms with Crippen molar-refractivity contribution in [3.8, 4) is 5.75 Å². The number of carboxylic acids is 1. The number of benzene rings is 1. The molecule has 23 heavy (non-hydrogen) atoms. The van der Waals surface area contributed by atoms with E-state index in [-0.39, 0.29) is 5.91 Å². The highest BCUT2D eigenvalue weighted by Crippen LogP contribution is 2.28. The average Bonchev–Trinajstić information content (AvgIpc) is 3.02. The molecule has 1 aromatic rings. The molecule has 5 nitrogen and oxygen atoms in total. The van der Waals surface area contributed by atoms with E-state index in [0.29, 0.717) is 24.3 Å². The number of thioether (sulfide) groups is 1. The Balaban J connectivity index is 1.93. The smallest absolute Gasteiger partial charge is 0.330 e. The van der Waals surface area contributed by atoms with Crippen molar-refractivity contribution in [2.24, 2.45) is 0 Å². The van der Waals surface area contributed by atoms with E-state index in [0.717, 1.165) is 30.8 Å². The zero-order chi connectivity index (χ0) is 16.7. The van der Waals surface area contributed by atoms with Gasteiger partial charge >= 0.3 is 5.97 Å².